The molecule has 0 aliphatic carbocycles. The van der Waals surface area contributed by atoms with Gasteiger partial charge in [0.05, 0.1) is 6.04 Å². The summed E-state index contributed by atoms with van der Waals surface area (Å²) in [6.45, 7) is 3.70. The van der Waals surface area contributed by atoms with Crippen LogP contribution in [0.25, 0.3) is 0 Å². The number of benzene rings is 3. The third-order valence-corrected chi connectivity index (χ3v) is 8.85. The van der Waals surface area contributed by atoms with Crippen LogP contribution in [0.15, 0.2) is 78.9 Å². The molecule has 4 fully saturated rings. The average molecular weight is 584 g/mol. The molecule has 4 aliphatic heterocycles. The molecule has 2 N–H and O–H groups in total. The fraction of sp³-hybridized carbons (Fsp3) is 0.382. The van der Waals surface area contributed by atoms with Gasteiger partial charge in [-0.05, 0) is 85.6 Å². The van der Waals surface area contributed by atoms with Crippen molar-refractivity contribution in [1.29, 1.82) is 0 Å². The molecule has 224 valence electrons. The van der Waals surface area contributed by atoms with Gasteiger partial charge in [0.2, 0.25) is 0 Å². The Kier molecular flexibility index (Phi) is 8.60. The summed E-state index contributed by atoms with van der Waals surface area (Å²) in [5.41, 5.74) is 3.14. The Morgan fingerprint density at radius 2 is 1.63 bits per heavy atom. The number of rotatable bonds is 9. The molecule has 0 spiro atoms. The van der Waals surface area contributed by atoms with E-state index >= 15 is 0 Å². The van der Waals surface area contributed by atoms with Gasteiger partial charge in [-0.3, -0.25) is 9.69 Å². The second-order valence-electron chi connectivity index (χ2n) is 11.6. The molecule has 0 aromatic heterocycles. The first-order chi connectivity index (χ1) is 20.9. The highest BCUT2D eigenvalue weighted by atomic mass is 16.6. The normalized spacial score (nSPS) is 23.4. The Morgan fingerprint density at radius 3 is 2.33 bits per heavy atom. The minimum Gasteiger partial charge on any atom is -0.489 e. The number of piperidine rings is 3. The number of likely N-dealkylation sites (tertiary alicyclic amines) is 1. The number of carboxylic acids is 1. The van der Waals surface area contributed by atoms with Crippen molar-refractivity contribution in [3.05, 3.63) is 101 Å². The average Bonchev–Trinajstić information content (AvgIpc) is 3.54. The summed E-state index contributed by atoms with van der Waals surface area (Å²) in [6, 6.07) is 23.3. The molecule has 7 rings (SSSR count). The molecule has 3 aromatic carbocycles. The van der Waals surface area contributed by atoms with Crippen molar-refractivity contribution in [3.8, 4) is 5.75 Å². The summed E-state index contributed by atoms with van der Waals surface area (Å²) in [5, 5.41) is 12.5. The SMILES string of the molecule is O=C(N[C@@H](c1ccccc1)c1cccc(OCc2ccc(C(=O)N3CCC[C@H]3C(=O)O)cc2)c1)O[C@H]1CN2CCC1CC2. The zero-order valence-electron chi connectivity index (χ0n) is 24.1. The second-order valence-corrected chi connectivity index (χ2v) is 11.6. The van der Waals surface area contributed by atoms with E-state index in [4.69, 9.17) is 9.47 Å². The Hall–Kier alpha value is -4.37. The van der Waals surface area contributed by atoms with Crippen molar-refractivity contribution < 1.29 is 29.0 Å². The highest BCUT2D eigenvalue weighted by molar-refractivity contribution is 5.97. The minimum atomic E-state index is -0.964. The quantitative estimate of drug-likeness (QED) is 0.370. The second kappa shape index (κ2) is 12.9. The Balaban J connectivity index is 1.11. The van der Waals surface area contributed by atoms with Crippen LogP contribution >= 0.6 is 0 Å². The van der Waals surface area contributed by atoms with Gasteiger partial charge >= 0.3 is 12.1 Å². The molecular weight excluding hydrogens is 546 g/mol. The van der Waals surface area contributed by atoms with E-state index in [9.17, 15) is 19.5 Å². The summed E-state index contributed by atoms with van der Waals surface area (Å²) in [4.78, 5) is 41.3. The number of carbonyl (C=O) groups excluding carboxylic acids is 2. The lowest BCUT2D eigenvalue weighted by Gasteiger charge is -2.43. The maximum absolute atomic E-state index is 13.1. The third kappa shape index (κ3) is 6.67. The number of hydrogen-bond donors (Lipinski definition) is 2. The number of aliphatic carboxylic acids is 1. The van der Waals surface area contributed by atoms with E-state index < -0.39 is 24.1 Å². The van der Waals surface area contributed by atoms with Crippen LogP contribution in [0, 0.1) is 5.92 Å². The third-order valence-electron chi connectivity index (χ3n) is 8.85. The van der Waals surface area contributed by atoms with Crippen LogP contribution in [0.1, 0.15) is 58.8 Å². The van der Waals surface area contributed by atoms with Gasteiger partial charge in [-0.25, -0.2) is 9.59 Å². The maximum atomic E-state index is 13.1. The molecule has 9 heteroatoms. The van der Waals surface area contributed by atoms with Gasteiger partial charge in [-0.2, -0.15) is 0 Å². The number of fused-ring (bicyclic) bond motifs is 3. The molecular formula is C34H37N3O6. The molecule has 2 bridgehead atoms. The van der Waals surface area contributed by atoms with E-state index in [1.807, 2.05) is 66.7 Å². The number of carbonyl (C=O) groups is 3. The molecule has 43 heavy (non-hydrogen) atoms. The van der Waals surface area contributed by atoms with Crippen LogP contribution in [0.2, 0.25) is 0 Å². The van der Waals surface area contributed by atoms with Crippen molar-refractivity contribution in [2.75, 3.05) is 26.2 Å². The predicted molar refractivity (Wildman–Crippen MR) is 160 cm³/mol. The lowest BCUT2D eigenvalue weighted by Crippen LogP contribution is -2.52. The van der Waals surface area contributed by atoms with E-state index in [1.165, 1.54) is 4.90 Å². The monoisotopic (exact) mass is 583 g/mol. The zero-order chi connectivity index (χ0) is 29.8. The molecule has 3 atom stereocenters. The minimum absolute atomic E-state index is 0.0794. The maximum Gasteiger partial charge on any atom is 0.408 e. The van der Waals surface area contributed by atoms with Gasteiger partial charge in [0, 0.05) is 18.7 Å². The first-order valence-electron chi connectivity index (χ1n) is 15.0. The fourth-order valence-corrected chi connectivity index (χ4v) is 6.46. The summed E-state index contributed by atoms with van der Waals surface area (Å²) in [5.74, 6) is -0.158. The molecule has 0 saturated carbocycles. The van der Waals surface area contributed by atoms with Crippen LogP contribution in [0.5, 0.6) is 5.75 Å². The van der Waals surface area contributed by atoms with Gasteiger partial charge in [-0.15, -0.1) is 0 Å². The van der Waals surface area contributed by atoms with E-state index in [0.717, 1.165) is 49.2 Å². The predicted octanol–water partition coefficient (Wildman–Crippen LogP) is 4.86. The Labute approximate surface area is 251 Å². The number of carboxylic acid groups (broad SMARTS) is 1. The number of alkyl carbamates (subject to hydrolysis) is 1. The first kappa shape index (κ1) is 28.7. The molecule has 4 aliphatic rings. The van der Waals surface area contributed by atoms with Gasteiger partial charge in [0.15, 0.2) is 0 Å². The molecule has 4 heterocycles. The molecule has 4 saturated heterocycles. The van der Waals surface area contributed by atoms with Crippen LogP contribution in [0.4, 0.5) is 4.79 Å². The van der Waals surface area contributed by atoms with Crippen molar-refractivity contribution in [2.24, 2.45) is 5.92 Å². The van der Waals surface area contributed by atoms with Crippen LogP contribution in [-0.4, -0.2) is 71.2 Å². The Morgan fingerprint density at radius 1 is 0.884 bits per heavy atom. The van der Waals surface area contributed by atoms with Gasteiger partial charge in [0.25, 0.3) is 5.91 Å². The van der Waals surface area contributed by atoms with Gasteiger partial charge < -0.3 is 24.8 Å². The smallest absolute Gasteiger partial charge is 0.408 e. The van der Waals surface area contributed by atoms with Crippen molar-refractivity contribution in [1.82, 2.24) is 15.1 Å². The summed E-state index contributed by atoms with van der Waals surface area (Å²) in [7, 11) is 0. The number of amides is 2. The van der Waals surface area contributed by atoms with Crippen molar-refractivity contribution >= 4 is 18.0 Å². The summed E-state index contributed by atoms with van der Waals surface area (Å²) < 4.78 is 12.0. The lowest BCUT2D eigenvalue weighted by atomic mass is 9.86. The molecule has 0 unspecified atom stereocenters. The van der Waals surface area contributed by atoms with Crippen molar-refractivity contribution in [3.63, 3.8) is 0 Å². The van der Waals surface area contributed by atoms with Crippen molar-refractivity contribution in [2.45, 2.75) is 50.5 Å². The van der Waals surface area contributed by atoms with E-state index in [2.05, 4.69) is 10.2 Å². The largest absolute Gasteiger partial charge is 0.489 e. The van der Waals surface area contributed by atoms with E-state index in [1.54, 1.807) is 12.1 Å². The molecule has 0 radical (unpaired) electrons. The summed E-state index contributed by atoms with van der Waals surface area (Å²) >= 11 is 0. The van der Waals surface area contributed by atoms with E-state index in [-0.39, 0.29) is 18.6 Å². The van der Waals surface area contributed by atoms with Gasteiger partial charge in [-0.1, -0.05) is 54.6 Å². The molecule has 2 amide bonds. The molecule has 9 nitrogen and oxygen atoms in total. The highest BCUT2D eigenvalue weighted by Gasteiger charge is 2.37. The van der Waals surface area contributed by atoms with Gasteiger partial charge in [0.1, 0.15) is 24.5 Å². The molecule has 3 aromatic rings. The Bertz CT molecular complexity index is 1440. The fourth-order valence-electron chi connectivity index (χ4n) is 6.46. The number of nitrogens with one attached hydrogen (secondary N) is 1. The topological polar surface area (TPSA) is 108 Å². The van der Waals surface area contributed by atoms with Crippen LogP contribution < -0.4 is 10.1 Å². The zero-order valence-corrected chi connectivity index (χ0v) is 24.1. The number of ether oxygens (including phenoxy) is 2. The number of hydrogen-bond acceptors (Lipinski definition) is 6. The van der Waals surface area contributed by atoms with E-state index in [0.29, 0.717) is 36.6 Å². The standard InChI is InChI=1S/C34H37N3O6/c38-32(37-17-5-10-29(37)33(39)40)26-13-11-23(12-14-26)22-42-28-9-4-8-27(20-28)31(25-6-2-1-3-7-25)35-34(41)43-30-21-36-18-15-24(30)16-19-36/h1-4,6-9,11-14,20,24,29-31H,5,10,15-19,21-22H2,(H,35,41)(H,39,40)/t29-,30-,31-/m0/s1. The number of nitrogens with zero attached hydrogens (tertiary/aromatic N) is 2. The van der Waals surface area contributed by atoms with Crippen LogP contribution in [-0.2, 0) is 16.1 Å². The first-order valence-corrected chi connectivity index (χ1v) is 15.0. The highest BCUT2D eigenvalue weighted by Crippen LogP contribution is 2.31. The van der Waals surface area contributed by atoms with Crippen LogP contribution in [0.3, 0.4) is 0 Å². The lowest BCUT2D eigenvalue weighted by molar-refractivity contribution is -0.141. The summed E-state index contributed by atoms with van der Waals surface area (Å²) in [6.07, 6.45) is 2.81.